The third-order valence-electron chi connectivity index (χ3n) is 3.54. The number of nitrogens with one attached hydrogen (secondary N) is 1. The van der Waals surface area contributed by atoms with Gasteiger partial charge in [0.05, 0.1) is 5.92 Å². The first kappa shape index (κ1) is 14.8. The minimum absolute atomic E-state index is 0.0612. The number of hydrogen-bond donors (Lipinski definition) is 2. The number of carboxylic acids is 1. The van der Waals surface area contributed by atoms with E-state index in [1.165, 1.54) is 4.90 Å². The van der Waals surface area contributed by atoms with Crippen molar-refractivity contribution in [2.75, 3.05) is 18.0 Å². The van der Waals surface area contributed by atoms with Crippen LogP contribution in [0.1, 0.15) is 13.3 Å². The van der Waals surface area contributed by atoms with Gasteiger partial charge in [0.2, 0.25) is 5.91 Å². The summed E-state index contributed by atoms with van der Waals surface area (Å²) in [6.07, 6.45) is 0.726. The number of anilines is 1. The Labute approximate surface area is 122 Å². The second kappa shape index (κ2) is 6.24. The van der Waals surface area contributed by atoms with Crippen LogP contribution in [0, 0.1) is 5.92 Å². The molecule has 6 heteroatoms. The fourth-order valence-electron chi connectivity index (χ4n) is 2.45. The van der Waals surface area contributed by atoms with E-state index >= 15 is 0 Å². The lowest BCUT2D eigenvalue weighted by Crippen LogP contribution is -2.43. The highest BCUT2D eigenvalue weighted by atomic mass is 35.5. The van der Waals surface area contributed by atoms with Crippen molar-refractivity contribution in [2.24, 2.45) is 5.92 Å². The first-order chi connectivity index (χ1) is 9.49. The molecule has 108 valence electrons. The van der Waals surface area contributed by atoms with Crippen LogP contribution in [0.15, 0.2) is 24.3 Å². The van der Waals surface area contributed by atoms with Gasteiger partial charge in [0.15, 0.2) is 0 Å². The average Bonchev–Trinajstić information content (AvgIpc) is 2.82. The molecule has 1 fully saturated rings. The van der Waals surface area contributed by atoms with Gasteiger partial charge in [0, 0.05) is 16.8 Å². The summed E-state index contributed by atoms with van der Waals surface area (Å²) >= 11 is 5.82. The Kier molecular flexibility index (Phi) is 4.62. The number of rotatable bonds is 4. The first-order valence-electron chi connectivity index (χ1n) is 6.51. The summed E-state index contributed by atoms with van der Waals surface area (Å²) < 4.78 is 0. The maximum Gasteiger partial charge on any atom is 0.323 e. The molecule has 5 nitrogen and oxygen atoms in total. The van der Waals surface area contributed by atoms with Gasteiger partial charge in [-0.25, -0.2) is 0 Å². The zero-order chi connectivity index (χ0) is 14.7. The van der Waals surface area contributed by atoms with Crippen LogP contribution in [0.2, 0.25) is 5.02 Å². The van der Waals surface area contributed by atoms with Gasteiger partial charge in [0.25, 0.3) is 0 Å². The monoisotopic (exact) mass is 296 g/mol. The van der Waals surface area contributed by atoms with E-state index in [2.05, 4.69) is 5.32 Å². The molecular weight excluding hydrogens is 280 g/mol. The van der Waals surface area contributed by atoms with Gasteiger partial charge in [-0.1, -0.05) is 11.6 Å². The molecular formula is C14H17ClN2O3. The number of amides is 1. The van der Waals surface area contributed by atoms with Crippen LogP contribution < -0.4 is 10.2 Å². The molecule has 0 saturated carbocycles. The standard InChI is InChI=1S/C14H17ClN2O3/c1-9-12(6-7-16-9)14(20)17(8-13(18)19)11-4-2-10(15)3-5-11/h2-5,9,12,16H,6-8H2,1H3,(H,18,19). The molecule has 1 aromatic carbocycles. The lowest BCUT2D eigenvalue weighted by molar-refractivity contribution is -0.137. The molecule has 0 bridgehead atoms. The number of hydrogen-bond acceptors (Lipinski definition) is 3. The number of aliphatic carboxylic acids is 1. The van der Waals surface area contributed by atoms with Crippen LogP contribution in [0.4, 0.5) is 5.69 Å². The van der Waals surface area contributed by atoms with E-state index in [-0.39, 0.29) is 24.4 Å². The van der Waals surface area contributed by atoms with Gasteiger partial charge in [-0.15, -0.1) is 0 Å². The van der Waals surface area contributed by atoms with Gasteiger partial charge >= 0.3 is 5.97 Å². The van der Waals surface area contributed by atoms with E-state index in [1.54, 1.807) is 24.3 Å². The van der Waals surface area contributed by atoms with Crippen LogP contribution in [0.3, 0.4) is 0 Å². The molecule has 20 heavy (non-hydrogen) atoms. The lowest BCUT2D eigenvalue weighted by Gasteiger charge is -2.25. The number of carboxylic acid groups (broad SMARTS) is 1. The smallest absolute Gasteiger partial charge is 0.323 e. The number of nitrogens with zero attached hydrogens (tertiary/aromatic N) is 1. The van der Waals surface area contributed by atoms with Crippen LogP contribution >= 0.6 is 11.6 Å². The van der Waals surface area contributed by atoms with E-state index in [9.17, 15) is 9.59 Å². The average molecular weight is 297 g/mol. The summed E-state index contributed by atoms with van der Waals surface area (Å²) in [7, 11) is 0. The van der Waals surface area contributed by atoms with Crippen molar-refractivity contribution in [3.8, 4) is 0 Å². The van der Waals surface area contributed by atoms with E-state index in [0.717, 1.165) is 13.0 Å². The Morgan fingerprint density at radius 1 is 1.40 bits per heavy atom. The summed E-state index contributed by atoms with van der Waals surface area (Å²) in [6, 6.07) is 6.68. The normalized spacial score (nSPS) is 21.7. The van der Waals surface area contributed by atoms with Crippen LogP contribution in [0.25, 0.3) is 0 Å². The number of halogens is 1. The predicted molar refractivity (Wildman–Crippen MR) is 77.0 cm³/mol. The number of benzene rings is 1. The molecule has 1 aliphatic rings. The van der Waals surface area contributed by atoms with E-state index < -0.39 is 5.97 Å². The molecule has 1 aromatic rings. The molecule has 0 spiro atoms. The maximum absolute atomic E-state index is 12.6. The van der Waals surface area contributed by atoms with Crippen molar-refractivity contribution in [3.05, 3.63) is 29.3 Å². The van der Waals surface area contributed by atoms with Gasteiger partial charge < -0.3 is 15.3 Å². The number of carbonyl (C=O) groups excluding carboxylic acids is 1. The quantitative estimate of drug-likeness (QED) is 0.888. The van der Waals surface area contributed by atoms with Crippen molar-refractivity contribution in [3.63, 3.8) is 0 Å². The van der Waals surface area contributed by atoms with Crippen molar-refractivity contribution in [2.45, 2.75) is 19.4 Å². The molecule has 0 aliphatic carbocycles. The largest absolute Gasteiger partial charge is 0.480 e. The van der Waals surface area contributed by atoms with Crippen molar-refractivity contribution in [1.82, 2.24) is 5.32 Å². The second-order valence-corrected chi connectivity index (χ2v) is 5.37. The van der Waals surface area contributed by atoms with Crippen molar-refractivity contribution in [1.29, 1.82) is 0 Å². The van der Waals surface area contributed by atoms with Gasteiger partial charge in [-0.3, -0.25) is 9.59 Å². The molecule has 1 amide bonds. The lowest BCUT2D eigenvalue weighted by atomic mass is 10.00. The zero-order valence-corrected chi connectivity index (χ0v) is 11.9. The van der Waals surface area contributed by atoms with E-state index in [1.807, 2.05) is 6.92 Å². The number of carbonyl (C=O) groups is 2. The fraction of sp³-hybridized carbons (Fsp3) is 0.429. The highest BCUT2D eigenvalue weighted by molar-refractivity contribution is 6.30. The Balaban J connectivity index is 2.24. The van der Waals surface area contributed by atoms with E-state index in [4.69, 9.17) is 16.7 Å². The molecule has 0 radical (unpaired) electrons. The first-order valence-corrected chi connectivity index (χ1v) is 6.89. The fourth-order valence-corrected chi connectivity index (χ4v) is 2.58. The molecule has 0 aromatic heterocycles. The summed E-state index contributed by atoms with van der Waals surface area (Å²) in [5, 5.41) is 12.8. The second-order valence-electron chi connectivity index (χ2n) is 4.93. The molecule has 2 rings (SSSR count). The summed E-state index contributed by atoms with van der Waals surface area (Å²) in [4.78, 5) is 24.9. The highest BCUT2D eigenvalue weighted by Crippen LogP contribution is 2.24. The summed E-state index contributed by atoms with van der Waals surface area (Å²) in [5.74, 6) is -1.39. The minimum atomic E-state index is -1.04. The Hall–Kier alpha value is -1.59. The van der Waals surface area contributed by atoms with Gasteiger partial charge in [-0.05, 0) is 44.2 Å². The van der Waals surface area contributed by atoms with Gasteiger partial charge in [-0.2, -0.15) is 0 Å². The Morgan fingerprint density at radius 3 is 2.55 bits per heavy atom. The maximum atomic E-state index is 12.6. The predicted octanol–water partition coefficient (Wildman–Crippen LogP) is 1.76. The van der Waals surface area contributed by atoms with E-state index in [0.29, 0.717) is 10.7 Å². The molecule has 2 unspecified atom stereocenters. The third kappa shape index (κ3) is 3.29. The minimum Gasteiger partial charge on any atom is -0.480 e. The molecule has 2 N–H and O–H groups in total. The van der Waals surface area contributed by atoms with Gasteiger partial charge in [0.1, 0.15) is 6.54 Å². The SMILES string of the molecule is CC1NCCC1C(=O)N(CC(=O)O)c1ccc(Cl)cc1. The topological polar surface area (TPSA) is 69.6 Å². The summed E-state index contributed by atoms with van der Waals surface area (Å²) in [6.45, 7) is 2.37. The van der Waals surface area contributed by atoms with Crippen LogP contribution in [-0.4, -0.2) is 36.1 Å². The molecule has 2 atom stereocenters. The highest BCUT2D eigenvalue weighted by Gasteiger charge is 2.34. The summed E-state index contributed by atoms with van der Waals surface area (Å²) in [5.41, 5.74) is 0.556. The third-order valence-corrected chi connectivity index (χ3v) is 3.79. The van der Waals surface area contributed by atoms with Crippen molar-refractivity contribution < 1.29 is 14.7 Å². The molecule has 1 saturated heterocycles. The molecule has 1 aliphatic heterocycles. The zero-order valence-electron chi connectivity index (χ0n) is 11.2. The molecule has 1 heterocycles. The Bertz CT molecular complexity index is 504. The Morgan fingerprint density at radius 2 is 2.05 bits per heavy atom. The van der Waals surface area contributed by atoms with Crippen molar-refractivity contribution >= 4 is 29.2 Å². The van der Waals surface area contributed by atoms with Crippen LogP contribution in [0.5, 0.6) is 0 Å². The van der Waals surface area contributed by atoms with Crippen LogP contribution in [-0.2, 0) is 9.59 Å².